The molecule has 4 rings (SSSR count). The average molecular weight is 524 g/mol. The van der Waals surface area contributed by atoms with E-state index in [9.17, 15) is 22.8 Å². The first kappa shape index (κ1) is 24.2. The SMILES string of the molecule is O=C(CCc1ncc(C(=O)Nc2cc(C(F)(F)F)c(Cl)cn2)s1)c1cc(Nc2ccon2)ncn1. The topological polar surface area (TPSA) is 136 Å². The van der Waals surface area contributed by atoms with Crippen LogP contribution >= 0.6 is 22.9 Å². The van der Waals surface area contributed by atoms with Gasteiger partial charge in [0.05, 0.1) is 21.8 Å². The Balaban J connectivity index is 1.35. The summed E-state index contributed by atoms with van der Waals surface area (Å²) in [7, 11) is 0. The highest BCUT2D eigenvalue weighted by Gasteiger charge is 2.34. The maximum Gasteiger partial charge on any atom is 0.418 e. The molecule has 15 heteroatoms. The number of thiazole rings is 1. The van der Waals surface area contributed by atoms with Crippen molar-refractivity contribution in [2.75, 3.05) is 10.6 Å². The zero-order valence-corrected chi connectivity index (χ0v) is 18.9. The van der Waals surface area contributed by atoms with Crippen molar-refractivity contribution in [1.29, 1.82) is 0 Å². The van der Waals surface area contributed by atoms with Crippen molar-refractivity contribution in [3.8, 4) is 0 Å². The Morgan fingerprint density at radius 2 is 1.89 bits per heavy atom. The first-order chi connectivity index (χ1) is 16.7. The van der Waals surface area contributed by atoms with Crippen molar-refractivity contribution < 1.29 is 27.3 Å². The minimum absolute atomic E-state index is 0.0582. The number of ketones is 1. The fourth-order valence-corrected chi connectivity index (χ4v) is 3.79. The van der Waals surface area contributed by atoms with Gasteiger partial charge in [0.1, 0.15) is 34.8 Å². The number of amides is 1. The van der Waals surface area contributed by atoms with E-state index in [1.807, 2.05) is 0 Å². The van der Waals surface area contributed by atoms with E-state index in [0.717, 1.165) is 17.5 Å². The maximum atomic E-state index is 13.0. The highest BCUT2D eigenvalue weighted by molar-refractivity contribution is 7.13. The molecule has 0 spiro atoms. The fourth-order valence-electron chi connectivity index (χ4n) is 2.77. The van der Waals surface area contributed by atoms with Gasteiger partial charge in [0.25, 0.3) is 5.91 Å². The van der Waals surface area contributed by atoms with E-state index in [-0.39, 0.29) is 35.0 Å². The average Bonchev–Trinajstić information content (AvgIpc) is 3.50. The van der Waals surface area contributed by atoms with Gasteiger partial charge in [-0.25, -0.2) is 19.9 Å². The molecule has 0 saturated carbocycles. The standard InChI is InChI=1S/C20H13ClF3N7O3S/c21-11-7-25-16(5-10(11)20(22,23)24)30-19(33)14-8-26-18(35-14)2-1-13(32)12-6-17(28-9-27-12)29-15-3-4-34-31-15/h3-9H,1-2H2,(H,25,30,33)(H,27,28,29,31). The lowest BCUT2D eigenvalue weighted by Gasteiger charge is -2.10. The highest BCUT2D eigenvalue weighted by Crippen LogP contribution is 2.35. The molecule has 0 radical (unpaired) electrons. The third-order valence-corrected chi connectivity index (χ3v) is 5.75. The van der Waals surface area contributed by atoms with Crippen molar-refractivity contribution in [3.63, 3.8) is 0 Å². The zero-order valence-electron chi connectivity index (χ0n) is 17.3. The van der Waals surface area contributed by atoms with Crippen LogP contribution in [0.1, 0.15) is 37.2 Å². The van der Waals surface area contributed by atoms with Gasteiger partial charge in [0, 0.05) is 31.2 Å². The van der Waals surface area contributed by atoms with Crippen molar-refractivity contribution in [2.45, 2.75) is 19.0 Å². The molecule has 0 aliphatic carbocycles. The Morgan fingerprint density at radius 1 is 1.06 bits per heavy atom. The number of rotatable bonds is 8. The molecule has 4 heterocycles. The second-order valence-corrected chi connectivity index (χ2v) is 8.36. The highest BCUT2D eigenvalue weighted by atomic mass is 35.5. The van der Waals surface area contributed by atoms with Gasteiger partial charge in [-0.05, 0) is 6.07 Å². The molecule has 0 atom stereocenters. The molecule has 1 amide bonds. The number of aryl methyl sites for hydroxylation is 1. The minimum atomic E-state index is -4.69. The van der Waals surface area contributed by atoms with Gasteiger partial charge in [0.2, 0.25) is 0 Å². The summed E-state index contributed by atoms with van der Waals surface area (Å²) in [6.07, 6.45) is 0.280. The quantitative estimate of drug-likeness (QED) is 0.312. The minimum Gasteiger partial charge on any atom is -0.363 e. The molecular weight excluding hydrogens is 511 g/mol. The molecule has 4 aromatic heterocycles. The van der Waals surface area contributed by atoms with E-state index >= 15 is 0 Å². The molecule has 2 N–H and O–H groups in total. The van der Waals surface area contributed by atoms with Gasteiger partial charge >= 0.3 is 6.18 Å². The molecule has 0 unspecified atom stereocenters. The van der Waals surface area contributed by atoms with Gasteiger partial charge in [0.15, 0.2) is 11.6 Å². The molecule has 0 saturated heterocycles. The number of nitrogens with one attached hydrogen (secondary N) is 2. The van der Waals surface area contributed by atoms with Crippen molar-refractivity contribution in [2.24, 2.45) is 0 Å². The van der Waals surface area contributed by atoms with Crippen LogP contribution in [-0.2, 0) is 12.6 Å². The Labute approximate surface area is 203 Å². The van der Waals surface area contributed by atoms with Gasteiger partial charge in [-0.15, -0.1) is 11.3 Å². The van der Waals surface area contributed by atoms with Crippen LogP contribution in [0, 0.1) is 0 Å². The predicted molar refractivity (Wildman–Crippen MR) is 119 cm³/mol. The summed E-state index contributed by atoms with van der Waals surface area (Å²) in [6.45, 7) is 0. The maximum absolute atomic E-state index is 13.0. The van der Waals surface area contributed by atoms with E-state index in [1.54, 1.807) is 6.07 Å². The van der Waals surface area contributed by atoms with E-state index < -0.39 is 22.7 Å². The molecular formula is C20H13ClF3N7O3S. The molecule has 0 bridgehead atoms. The molecule has 35 heavy (non-hydrogen) atoms. The number of alkyl halides is 3. The molecule has 0 aromatic carbocycles. The monoisotopic (exact) mass is 523 g/mol. The van der Waals surface area contributed by atoms with E-state index in [1.165, 1.54) is 24.9 Å². The summed E-state index contributed by atoms with van der Waals surface area (Å²) in [5.41, 5.74) is -0.938. The Morgan fingerprint density at radius 3 is 2.63 bits per heavy atom. The molecule has 10 nitrogen and oxygen atoms in total. The zero-order chi connectivity index (χ0) is 25.0. The van der Waals surface area contributed by atoms with Crippen LogP contribution in [0.15, 0.2) is 47.7 Å². The number of carbonyl (C=O) groups is 2. The Hall–Kier alpha value is -3.91. The lowest BCUT2D eigenvalue weighted by atomic mass is 10.1. The lowest BCUT2D eigenvalue weighted by molar-refractivity contribution is -0.137. The number of hydrogen-bond acceptors (Lipinski definition) is 10. The number of anilines is 3. The number of nitrogens with zero attached hydrogens (tertiary/aromatic N) is 5. The number of halogens is 4. The van der Waals surface area contributed by atoms with Crippen LogP contribution in [0.4, 0.5) is 30.6 Å². The summed E-state index contributed by atoms with van der Waals surface area (Å²) >= 11 is 6.53. The van der Waals surface area contributed by atoms with Crippen LogP contribution in [0.3, 0.4) is 0 Å². The molecule has 0 fully saturated rings. The first-order valence-corrected chi connectivity index (χ1v) is 10.9. The second-order valence-electron chi connectivity index (χ2n) is 6.84. The molecule has 180 valence electrons. The van der Waals surface area contributed by atoms with Crippen molar-refractivity contribution in [3.05, 3.63) is 69.3 Å². The van der Waals surface area contributed by atoms with Crippen LogP contribution in [0.5, 0.6) is 0 Å². The third-order valence-electron chi connectivity index (χ3n) is 4.39. The summed E-state index contributed by atoms with van der Waals surface area (Å²) in [4.78, 5) is 40.9. The van der Waals surface area contributed by atoms with Crippen LogP contribution in [0.2, 0.25) is 5.02 Å². The number of carbonyl (C=O) groups excluding carboxylic acids is 2. The number of Topliss-reactive ketones (excluding diaryl/α,β-unsaturated/α-hetero) is 1. The van der Waals surface area contributed by atoms with Crippen LogP contribution in [0.25, 0.3) is 0 Å². The Bertz CT molecular complexity index is 1360. The smallest absolute Gasteiger partial charge is 0.363 e. The van der Waals surface area contributed by atoms with Crippen LogP contribution in [-0.4, -0.2) is 36.8 Å². The van der Waals surface area contributed by atoms with Gasteiger partial charge in [-0.3, -0.25) is 9.59 Å². The van der Waals surface area contributed by atoms with E-state index in [2.05, 4.69) is 35.7 Å². The largest absolute Gasteiger partial charge is 0.418 e. The third kappa shape index (κ3) is 6.16. The number of pyridine rings is 1. The summed E-state index contributed by atoms with van der Waals surface area (Å²) in [5, 5.41) is 8.75. The number of aromatic nitrogens is 5. The summed E-state index contributed by atoms with van der Waals surface area (Å²) < 4.78 is 43.7. The summed E-state index contributed by atoms with van der Waals surface area (Å²) in [6, 6.07) is 3.69. The van der Waals surface area contributed by atoms with E-state index in [0.29, 0.717) is 22.7 Å². The Kier molecular flexibility index (Phi) is 7.02. The molecule has 4 aromatic rings. The van der Waals surface area contributed by atoms with Crippen molar-refractivity contribution >= 4 is 52.1 Å². The van der Waals surface area contributed by atoms with Gasteiger partial charge in [-0.1, -0.05) is 16.8 Å². The fraction of sp³-hybridized carbons (Fsp3) is 0.150. The summed E-state index contributed by atoms with van der Waals surface area (Å²) in [5.74, 6) is -0.506. The molecule has 0 aliphatic rings. The predicted octanol–water partition coefficient (Wildman–Crippen LogP) is 4.80. The number of hydrogen-bond donors (Lipinski definition) is 2. The molecule has 0 aliphatic heterocycles. The first-order valence-electron chi connectivity index (χ1n) is 9.70. The van der Waals surface area contributed by atoms with Crippen molar-refractivity contribution in [1.82, 2.24) is 25.1 Å². The second kappa shape index (κ2) is 10.1. The van der Waals surface area contributed by atoms with Gasteiger partial charge in [-0.2, -0.15) is 13.2 Å². The normalized spacial score (nSPS) is 11.3. The van der Waals surface area contributed by atoms with Crippen LogP contribution < -0.4 is 10.6 Å². The van der Waals surface area contributed by atoms with E-state index in [4.69, 9.17) is 16.1 Å². The van der Waals surface area contributed by atoms with Gasteiger partial charge < -0.3 is 15.2 Å². The lowest BCUT2D eigenvalue weighted by Crippen LogP contribution is -2.13.